The molecule has 0 spiro atoms. The van der Waals surface area contributed by atoms with Gasteiger partial charge in [0, 0.05) is 33.6 Å². The van der Waals surface area contributed by atoms with Crippen molar-refractivity contribution >= 4 is 27.7 Å². The number of amides is 1. The van der Waals surface area contributed by atoms with Crippen LogP contribution in [0.15, 0.2) is 10.7 Å². The van der Waals surface area contributed by atoms with Gasteiger partial charge in [-0.15, -0.1) is 0 Å². The van der Waals surface area contributed by atoms with E-state index in [9.17, 15) is 4.79 Å². The van der Waals surface area contributed by atoms with Crippen molar-refractivity contribution in [2.45, 2.75) is 13.3 Å². The van der Waals surface area contributed by atoms with Gasteiger partial charge in [-0.2, -0.15) is 0 Å². The average Bonchev–Trinajstić information content (AvgIpc) is 2.27. The van der Waals surface area contributed by atoms with E-state index >= 15 is 0 Å². The molecule has 0 atom stereocenters. The number of hydrogen-bond acceptors (Lipinski definition) is 4. The van der Waals surface area contributed by atoms with E-state index in [1.165, 1.54) is 0 Å². The molecule has 0 fully saturated rings. The van der Waals surface area contributed by atoms with Gasteiger partial charge in [0.2, 0.25) is 5.91 Å². The summed E-state index contributed by atoms with van der Waals surface area (Å²) >= 11 is 3.34. The molecule has 0 aliphatic carbocycles. The number of aryl methyl sites for hydroxylation is 1. The molecule has 0 aromatic carbocycles. The monoisotopic (exact) mass is 300 g/mol. The highest BCUT2D eigenvalue weighted by molar-refractivity contribution is 9.10. The van der Waals surface area contributed by atoms with Crippen LogP contribution in [0.4, 0.5) is 5.82 Å². The third-order valence-electron chi connectivity index (χ3n) is 2.31. The lowest BCUT2D eigenvalue weighted by molar-refractivity contribution is -0.127. The van der Waals surface area contributed by atoms with Crippen LogP contribution in [0.2, 0.25) is 0 Å². The van der Waals surface area contributed by atoms with Crippen molar-refractivity contribution < 1.29 is 4.79 Å². The molecule has 17 heavy (non-hydrogen) atoms. The predicted octanol–water partition coefficient (Wildman–Crippen LogP) is 1.33. The summed E-state index contributed by atoms with van der Waals surface area (Å²) in [5.74, 6) is 1.55. The second-order valence-corrected chi connectivity index (χ2v) is 4.78. The number of carbonyl (C=O) groups excluding carboxylic acids is 1. The van der Waals surface area contributed by atoms with Crippen LogP contribution in [0.3, 0.4) is 0 Å². The molecule has 1 aromatic rings. The number of anilines is 1. The molecule has 6 heteroatoms. The molecular formula is C11H17BrN4O. The quantitative estimate of drug-likeness (QED) is 0.787. The van der Waals surface area contributed by atoms with Crippen LogP contribution in [-0.4, -0.2) is 48.5 Å². The molecule has 1 heterocycles. The van der Waals surface area contributed by atoms with E-state index in [2.05, 4.69) is 25.9 Å². The first-order chi connectivity index (χ1) is 7.93. The van der Waals surface area contributed by atoms with E-state index in [0.29, 0.717) is 6.54 Å². The van der Waals surface area contributed by atoms with Gasteiger partial charge in [0.05, 0.1) is 6.54 Å². The molecule has 0 N–H and O–H groups in total. The minimum atomic E-state index is 0.0419. The van der Waals surface area contributed by atoms with E-state index in [4.69, 9.17) is 0 Å². The Hall–Kier alpha value is -1.17. The van der Waals surface area contributed by atoms with Crippen LogP contribution >= 0.6 is 15.9 Å². The van der Waals surface area contributed by atoms with Crippen LogP contribution in [0, 0.1) is 0 Å². The number of nitrogens with zero attached hydrogens (tertiary/aromatic N) is 4. The van der Waals surface area contributed by atoms with Gasteiger partial charge in [0.1, 0.15) is 16.2 Å². The van der Waals surface area contributed by atoms with Crippen molar-refractivity contribution in [3.8, 4) is 0 Å². The summed E-state index contributed by atoms with van der Waals surface area (Å²) in [6.45, 7) is 2.30. The molecule has 1 rings (SSSR count). The van der Waals surface area contributed by atoms with E-state index in [0.717, 1.165) is 22.7 Å². The fourth-order valence-electron chi connectivity index (χ4n) is 1.23. The summed E-state index contributed by atoms with van der Waals surface area (Å²) in [4.78, 5) is 23.6. The van der Waals surface area contributed by atoms with Crippen molar-refractivity contribution in [1.29, 1.82) is 0 Å². The van der Waals surface area contributed by atoms with Gasteiger partial charge in [-0.05, 0) is 15.9 Å². The van der Waals surface area contributed by atoms with Crippen molar-refractivity contribution in [2.75, 3.05) is 32.6 Å². The van der Waals surface area contributed by atoms with Crippen LogP contribution in [0.25, 0.3) is 0 Å². The minimum Gasteiger partial charge on any atom is -0.350 e. The van der Waals surface area contributed by atoms with Gasteiger partial charge in [-0.1, -0.05) is 6.92 Å². The zero-order valence-corrected chi connectivity index (χ0v) is 12.2. The number of hydrogen-bond donors (Lipinski definition) is 0. The maximum absolute atomic E-state index is 11.6. The highest BCUT2D eigenvalue weighted by atomic mass is 79.9. The molecule has 94 valence electrons. The second kappa shape index (κ2) is 5.95. The first-order valence-corrected chi connectivity index (χ1v) is 6.18. The Bertz CT molecular complexity index is 408. The Kier molecular flexibility index (Phi) is 4.86. The van der Waals surface area contributed by atoms with Crippen molar-refractivity contribution in [3.05, 3.63) is 16.5 Å². The number of rotatable bonds is 4. The van der Waals surface area contributed by atoms with E-state index in [1.807, 2.05) is 24.9 Å². The fraction of sp³-hybridized carbons (Fsp3) is 0.545. The Labute approximate surface area is 110 Å². The summed E-state index contributed by atoms with van der Waals surface area (Å²) in [5.41, 5.74) is 0. The Morgan fingerprint density at radius 1 is 1.35 bits per heavy atom. The number of halogens is 1. The fourth-order valence-corrected chi connectivity index (χ4v) is 1.64. The molecule has 5 nitrogen and oxygen atoms in total. The van der Waals surface area contributed by atoms with Crippen molar-refractivity contribution in [1.82, 2.24) is 14.9 Å². The van der Waals surface area contributed by atoms with Gasteiger partial charge in [-0.25, -0.2) is 9.97 Å². The topological polar surface area (TPSA) is 49.3 Å². The molecule has 0 unspecified atom stereocenters. The zero-order chi connectivity index (χ0) is 13.0. The number of likely N-dealkylation sites (N-methyl/N-ethyl adjacent to an activating group) is 2. The molecule has 0 bridgehead atoms. The smallest absolute Gasteiger partial charge is 0.241 e. The molecule has 1 aromatic heterocycles. The van der Waals surface area contributed by atoms with E-state index in [-0.39, 0.29) is 5.91 Å². The molecular weight excluding hydrogens is 284 g/mol. The molecule has 0 saturated heterocycles. The summed E-state index contributed by atoms with van der Waals surface area (Å²) in [6, 6.07) is 1.81. The number of aromatic nitrogens is 2. The van der Waals surface area contributed by atoms with Crippen molar-refractivity contribution in [3.63, 3.8) is 0 Å². The lowest BCUT2D eigenvalue weighted by Gasteiger charge is -2.20. The third-order valence-corrected chi connectivity index (χ3v) is 2.71. The molecule has 0 saturated carbocycles. The van der Waals surface area contributed by atoms with Gasteiger partial charge >= 0.3 is 0 Å². The van der Waals surface area contributed by atoms with Gasteiger partial charge in [0.25, 0.3) is 0 Å². The highest BCUT2D eigenvalue weighted by Crippen LogP contribution is 2.15. The summed E-state index contributed by atoms with van der Waals surface area (Å²) < 4.78 is 0.739. The largest absolute Gasteiger partial charge is 0.350 e. The van der Waals surface area contributed by atoms with Gasteiger partial charge in [-0.3, -0.25) is 4.79 Å². The van der Waals surface area contributed by atoms with Crippen molar-refractivity contribution in [2.24, 2.45) is 0 Å². The van der Waals surface area contributed by atoms with Gasteiger partial charge in [0.15, 0.2) is 0 Å². The summed E-state index contributed by atoms with van der Waals surface area (Å²) in [7, 11) is 5.32. The molecule has 0 radical (unpaired) electrons. The first kappa shape index (κ1) is 13.9. The predicted molar refractivity (Wildman–Crippen MR) is 71.1 cm³/mol. The summed E-state index contributed by atoms with van der Waals surface area (Å²) in [5, 5.41) is 0. The molecule has 0 aliphatic rings. The van der Waals surface area contributed by atoms with Gasteiger partial charge < -0.3 is 9.80 Å². The average molecular weight is 301 g/mol. The lowest BCUT2D eigenvalue weighted by Crippen LogP contribution is -2.34. The standard InChI is InChI=1S/C11H17BrN4O/c1-5-9-13-8(12)6-10(14-9)16(4)7-11(17)15(2)3/h6H,5,7H2,1-4H3. The highest BCUT2D eigenvalue weighted by Gasteiger charge is 2.11. The first-order valence-electron chi connectivity index (χ1n) is 5.38. The Morgan fingerprint density at radius 2 is 2.00 bits per heavy atom. The maximum Gasteiger partial charge on any atom is 0.241 e. The molecule has 1 amide bonds. The molecule has 0 aliphatic heterocycles. The summed E-state index contributed by atoms with van der Waals surface area (Å²) in [6.07, 6.45) is 0.766. The lowest BCUT2D eigenvalue weighted by atomic mass is 10.4. The Morgan fingerprint density at radius 3 is 2.53 bits per heavy atom. The normalized spacial score (nSPS) is 10.2. The van der Waals surface area contributed by atoms with E-state index in [1.54, 1.807) is 19.0 Å². The van der Waals surface area contributed by atoms with Crippen LogP contribution in [-0.2, 0) is 11.2 Å². The SMILES string of the molecule is CCc1nc(Br)cc(N(C)CC(=O)N(C)C)n1. The minimum absolute atomic E-state index is 0.0419. The van der Waals surface area contributed by atoms with Crippen LogP contribution < -0.4 is 4.90 Å². The number of carbonyl (C=O) groups is 1. The maximum atomic E-state index is 11.6. The van der Waals surface area contributed by atoms with Crippen LogP contribution in [0.1, 0.15) is 12.7 Å². The van der Waals surface area contributed by atoms with E-state index < -0.39 is 0 Å². The zero-order valence-electron chi connectivity index (χ0n) is 10.6. The third kappa shape index (κ3) is 3.96. The van der Waals surface area contributed by atoms with Crippen LogP contribution in [0.5, 0.6) is 0 Å². The Balaban J connectivity index is 2.84. The second-order valence-electron chi connectivity index (χ2n) is 3.96.